The fourth-order valence-corrected chi connectivity index (χ4v) is 4.54. The molecule has 1 aromatic carbocycles. The molecule has 0 spiro atoms. The Morgan fingerprint density at radius 2 is 2.00 bits per heavy atom. The minimum Gasteiger partial charge on any atom is -0.480 e. The Morgan fingerprint density at radius 3 is 2.62 bits per heavy atom. The molecule has 1 saturated heterocycles. The van der Waals surface area contributed by atoms with Gasteiger partial charge >= 0.3 is 5.97 Å². The summed E-state index contributed by atoms with van der Waals surface area (Å²) < 4.78 is 0. The number of nitrogens with zero attached hydrogens (tertiary/aromatic N) is 1. The first-order valence-electron chi connectivity index (χ1n) is 6.61. The van der Waals surface area contributed by atoms with E-state index >= 15 is 0 Å². The molecular formula is C14H13Cl2NO3S. The van der Waals surface area contributed by atoms with E-state index < -0.39 is 12.0 Å². The number of halogens is 2. The van der Waals surface area contributed by atoms with Gasteiger partial charge in [0.2, 0.25) is 0 Å². The minimum atomic E-state index is -0.975. The van der Waals surface area contributed by atoms with E-state index in [4.69, 9.17) is 23.2 Å². The van der Waals surface area contributed by atoms with Crippen molar-refractivity contribution in [3.05, 3.63) is 33.8 Å². The van der Waals surface area contributed by atoms with Crippen molar-refractivity contribution in [2.24, 2.45) is 5.92 Å². The monoisotopic (exact) mass is 345 g/mol. The first-order valence-corrected chi connectivity index (χ1v) is 8.42. The van der Waals surface area contributed by atoms with Crippen LogP contribution in [0.25, 0.3) is 0 Å². The van der Waals surface area contributed by atoms with Crippen molar-refractivity contribution in [3.63, 3.8) is 0 Å². The molecule has 2 fully saturated rings. The maximum absolute atomic E-state index is 12.8. The summed E-state index contributed by atoms with van der Waals surface area (Å²) in [5, 5.41) is 9.76. The average Bonchev–Trinajstić information content (AvgIpc) is 3.19. The zero-order valence-electron chi connectivity index (χ0n) is 11.0. The summed E-state index contributed by atoms with van der Waals surface area (Å²) in [7, 11) is 0. The highest BCUT2D eigenvalue weighted by Crippen LogP contribution is 2.46. The number of hydrogen-bond donors (Lipinski definition) is 1. The lowest BCUT2D eigenvalue weighted by molar-refractivity contribution is -0.141. The van der Waals surface area contributed by atoms with Gasteiger partial charge in [0, 0.05) is 5.75 Å². The van der Waals surface area contributed by atoms with Crippen LogP contribution >= 0.6 is 35.0 Å². The lowest BCUT2D eigenvalue weighted by Crippen LogP contribution is -2.46. The maximum Gasteiger partial charge on any atom is 0.327 e. The first kappa shape index (κ1) is 15.0. The number of aliphatic carboxylic acids is 1. The summed E-state index contributed by atoms with van der Waals surface area (Å²) in [6, 6.07) is 4.03. The molecule has 3 rings (SSSR count). The Bertz CT molecular complexity index is 606. The summed E-state index contributed by atoms with van der Waals surface area (Å²) in [6.07, 6.45) is 2.08. The molecule has 1 N–H and O–H groups in total. The van der Waals surface area contributed by atoms with Gasteiger partial charge in [0.05, 0.1) is 21.0 Å². The summed E-state index contributed by atoms with van der Waals surface area (Å²) in [5.41, 5.74) is 0.267. The predicted molar refractivity (Wildman–Crippen MR) is 83.0 cm³/mol. The minimum absolute atomic E-state index is 0.0753. The van der Waals surface area contributed by atoms with Gasteiger partial charge in [-0.05, 0) is 30.9 Å². The lowest BCUT2D eigenvalue weighted by atomic mass is 10.1. The number of benzene rings is 1. The van der Waals surface area contributed by atoms with Gasteiger partial charge in [0.15, 0.2) is 0 Å². The van der Waals surface area contributed by atoms with Crippen LogP contribution in [0.5, 0.6) is 0 Å². The molecule has 2 aliphatic rings. The second-order valence-electron chi connectivity index (χ2n) is 5.23. The fourth-order valence-electron chi connectivity index (χ4n) is 2.53. The molecule has 21 heavy (non-hydrogen) atoms. The van der Waals surface area contributed by atoms with Gasteiger partial charge in [0.25, 0.3) is 5.91 Å². The van der Waals surface area contributed by atoms with Crippen molar-refractivity contribution in [1.29, 1.82) is 0 Å². The molecule has 1 saturated carbocycles. The van der Waals surface area contributed by atoms with E-state index in [1.807, 2.05) is 0 Å². The fraction of sp³-hybridized carbons (Fsp3) is 0.429. The van der Waals surface area contributed by atoms with E-state index in [9.17, 15) is 14.7 Å². The SMILES string of the molecule is O=C(O)C1CSC(C2CC2)N1C(=O)c1cccc(Cl)c1Cl. The maximum atomic E-state index is 12.8. The number of carbonyl (C=O) groups excluding carboxylic acids is 1. The molecule has 112 valence electrons. The van der Waals surface area contributed by atoms with Crippen molar-refractivity contribution in [1.82, 2.24) is 4.90 Å². The van der Waals surface area contributed by atoms with Crippen LogP contribution in [0.1, 0.15) is 23.2 Å². The van der Waals surface area contributed by atoms with Crippen LogP contribution in [0.3, 0.4) is 0 Å². The van der Waals surface area contributed by atoms with Crippen molar-refractivity contribution in [3.8, 4) is 0 Å². The average molecular weight is 346 g/mol. The Labute approximate surface area is 136 Å². The number of hydrogen-bond acceptors (Lipinski definition) is 3. The van der Waals surface area contributed by atoms with Gasteiger partial charge in [-0.3, -0.25) is 4.79 Å². The number of carboxylic acid groups (broad SMARTS) is 1. The van der Waals surface area contributed by atoms with Gasteiger partial charge in [-0.2, -0.15) is 0 Å². The molecule has 2 unspecified atom stereocenters. The molecule has 0 aromatic heterocycles. The highest BCUT2D eigenvalue weighted by Gasteiger charge is 2.48. The van der Waals surface area contributed by atoms with Gasteiger partial charge < -0.3 is 10.0 Å². The Balaban J connectivity index is 1.96. The molecule has 4 nitrogen and oxygen atoms in total. The third-order valence-corrected chi connectivity index (χ3v) is 6.04. The Kier molecular flexibility index (Phi) is 4.08. The van der Waals surface area contributed by atoms with Crippen LogP contribution in [0.4, 0.5) is 0 Å². The second kappa shape index (κ2) is 5.71. The molecule has 1 aliphatic heterocycles. The highest BCUT2D eigenvalue weighted by atomic mass is 35.5. The van der Waals surface area contributed by atoms with E-state index in [1.165, 1.54) is 16.7 Å². The number of amides is 1. The van der Waals surface area contributed by atoms with Gasteiger partial charge in [0.1, 0.15) is 6.04 Å². The topological polar surface area (TPSA) is 57.6 Å². The number of carboxylic acids is 1. The molecule has 1 aliphatic carbocycles. The van der Waals surface area contributed by atoms with Crippen LogP contribution in [-0.2, 0) is 4.79 Å². The van der Waals surface area contributed by atoms with Crippen molar-refractivity contribution < 1.29 is 14.7 Å². The van der Waals surface area contributed by atoms with E-state index in [-0.39, 0.29) is 21.9 Å². The van der Waals surface area contributed by atoms with Crippen LogP contribution < -0.4 is 0 Å². The lowest BCUT2D eigenvalue weighted by Gasteiger charge is -2.27. The summed E-state index contributed by atoms with van der Waals surface area (Å²) in [5.74, 6) is -0.518. The van der Waals surface area contributed by atoms with E-state index in [2.05, 4.69) is 0 Å². The molecule has 0 bridgehead atoms. The van der Waals surface area contributed by atoms with Gasteiger partial charge in [-0.25, -0.2) is 4.79 Å². The molecule has 0 radical (unpaired) electrons. The van der Waals surface area contributed by atoms with Gasteiger partial charge in [-0.1, -0.05) is 29.3 Å². The third kappa shape index (κ3) is 2.74. The molecule has 2 atom stereocenters. The zero-order chi connectivity index (χ0) is 15.1. The van der Waals surface area contributed by atoms with Crippen LogP contribution in [0, 0.1) is 5.92 Å². The Morgan fingerprint density at radius 1 is 1.29 bits per heavy atom. The standard InChI is InChI=1S/C14H13Cl2NO3S/c15-9-3-1-2-8(11(9)16)12(18)17-10(14(19)20)6-21-13(17)7-4-5-7/h1-3,7,10,13H,4-6H2,(H,19,20). The molecule has 1 aromatic rings. The van der Waals surface area contributed by atoms with E-state index in [0.717, 1.165) is 12.8 Å². The van der Waals surface area contributed by atoms with E-state index in [0.29, 0.717) is 16.7 Å². The molecular weight excluding hydrogens is 333 g/mol. The number of thioether (sulfide) groups is 1. The van der Waals surface area contributed by atoms with E-state index in [1.54, 1.807) is 18.2 Å². The van der Waals surface area contributed by atoms with Crippen LogP contribution in [0.15, 0.2) is 18.2 Å². The van der Waals surface area contributed by atoms with Crippen molar-refractivity contribution >= 4 is 46.8 Å². The third-order valence-electron chi connectivity index (χ3n) is 3.76. The predicted octanol–water partition coefficient (Wildman–Crippen LogP) is 3.37. The summed E-state index contributed by atoms with van der Waals surface area (Å²) >= 11 is 13.6. The summed E-state index contributed by atoms with van der Waals surface area (Å²) in [4.78, 5) is 25.7. The molecule has 1 amide bonds. The van der Waals surface area contributed by atoms with Crippen molar-refractivity contribution in [2.75, 3.05) is 5.75 Å². The Hall–Kier alpha value is -0.910. The number of rotatable bonds is 3. The van der Waals surface area contributed by atoms with Gasteiger partial charge in [-0.15, -0.1) is 11.8 Å². The van der Waals surface area contributed by atoms with Crippen molar-refractivity contribution in [2.45, 2.75) is 24.3 Å². The second-order valence-corrected chi connectivity index (χ2v) is 7.16. The zero-order valence-corrected chi connectivity index (χ0v) is 13.3. The summed E-state index contributed by atoms with van der Waals surface area (Å²) in [6.45, 7) is 0. The number of carbonyl (C=O) groups is 2. The highest BCUT2D eigenvalue weighted by molar-refractivity contribution is 8.00. The smallest absolute Gasteiger partial charge is 0.327 e. The molecule has 7 heteroatoms. The largest absolute Gasteiger partial charge is 0.480 e. The normalized spacial score (nSPS) is 25.1. The van der Waals surface area contributed by atoms with Crippen LogP contribution in [-0.4, -0.2) is 39.1 Å². The quantitative estimate of drug-likeness (QED) is 0.912. The first-order chi connectivity index (χ1) is 10.0. The van der Waals surface area contributed by atoms with Crippen LogP contribution in [0.2, 0.25) is 10.0 Å². The molecule has 1 heterocycles.